The van der Waals surface area contributed by atoms with E-state index in [9.17, 15) is 10.1 Å². The molecule has 2 heterocycles. The molecule has 0 saturated carbocycles. The summed E-state index contributed by atoms with van der Waals surface area (Å²) in [4.78, 5) is 12.0. The molecule has 1 aromatic carbocycles. The van der Waals surface area contributed by atoms with Crippen LogP contribution in [0.1, 0.15) is 29.2 Å². The Morgan fingerprint density at radius 2 is 2.00 bits per heavy atom. The maximum Gasteiger partial charge on any atom is 0.225 e. The zero-order valence-electron chi connectivity index (χ0n) is 12.7. The molecular formula is C18H13N3O2S. The Labute approximate surface area is 143 Å². The summed E-state index contributed by atoms with van der Waals surface area (Å²) in [5.74, 6) is 0.745. The number of allylic oxidation sites excluding steroid dienone is 1. The van der Waals surface area contributed by atoms with E-state index >= 15 is 0 Å². The van der Waals surface area contributed by atoms with Gasteiger partial charge in [-0.05, 0) is 29.8 Å². The Hall–Kier alpha value is -2.96. The van der Waals surface area contributed by atoms with Crippen molar-refractivity contribution in [1.29, 1.82) is 10.5 Å². The molecule has 0 unspecified atom stereocenters. The van der Waals surface area contributed by atoms with Crippen molar-refractivity contribution in [2.45, 2.75) is 18.1 Å². The lowest BCUT2D eigenvalue weighted by molar-refractivity contribution is -0.120. The second-order valence-corrected chi connectivity index (χ2v) is 6.26. The van der Waals surface area contributed by atoms with Crippen molar-refractivity contribution < 1.29 is 9.21 Å². The van der Waals surface area contributed by atoms with Gasteiger partial charge in [-0.25, -0.2) is 0 Å². The van der Waals surface area contributed by atoms with Crippen LogP contribution in [0.4, 0.5) is 0 Å². The second kappa shape index (κ2) is 7.08. The molecule has 0 spiro atoms. The van der Waals surface area contributed by atoms with Gasteiger partial charge < -0.3 is 9.73 Å². The maximum atomic E-state index is 12.0. The van der Waals surface area contributed by atoms with Gasteiger partial charge in [-0.2, -0.15) is 10.5 Å². The van der Waals surface area contributed by atoms with Crippen LogP contribution in [-0.2, 0) is 10.5 Å². The number of amides is 1. The van der Waals surface area contributed by atoms with Crippen LogP contribution in [0.3, 0.4) is 0 Å². The molecule has 0 aliphatic carbocycles. The van der Waals surface area contributed by atoms with E-state index in [0.717, 1.165) is 5.56 Å². The molecule has 1 atom stereocenters. The average molecular weight is 335 g/mol. The summed E-state index contributed by atoms with van der Waals surface area (Å²) in [7, 11) is 0. The van der Waals surface area contributed by atoms with Gasteiger partial charge in [-0.15, -0.1) is 11.8 Å². The first kappa shape index (κ1) is 15.9. The molecule has 1 amide bonds. The van der Waals surface area contributed by atoms with E-state index in [1.165, 1.54) is 11.8 Å². The molecular weight excluding hydrogens is 322 g/mol. The summed E-state index contributed by atoms with van der Waals surface area (Å²) in [6.07, 6.45) is 1.75. The molecule has 1 aromatic heterocycles. The number of rotatable bonds is 4. The third-order valence-electron chi connectivity index (χ3n) is 3.71. The van der Waals surface area contributed by atoms with Gasteiger partial charge in [0.25, 0.3) is 0 Å². The van der Waals surface area contributed by atoms with Crippen molar-refractivity contribution in [3.8, 4) is 12.1 Å². The zero-order chi connectivity index (χ0) is 16.9. The number of furan rings is 1. The lowest BCUT2D eigenvalue weighted by Gasteiger charge is -2.23. The molecule has 0 radical (unpaired) electrons. The van der Waals surface area contributed by atoms with E-state index in [-0.39, 0.29) is 18.2 Å². The molecule has 1 aliphatic heterocycles. The van der Waals surface area contributed by atoms with E-state index in [1.807, 2.05) is 12.1 Å². The molecule has 0 saturated heterocycles. The molecule has 6 heteroatoms. The van der Waals surface area contributed by atoms with Gasteiger partial charge in [0, 0.05) is 12.2 Å². The van der Waals surface area contributed by atoms with E-state index < -0.39 is 0 Å². The van der Waals surface area contributed by atoms with Gasteiger partial charge in [-0.3, -0.25) is 4.79 Å². The minimum atomic E-state index is -0.345. The van der Waals surface area contributed by atoms with Gasteiger partial charge in [-0.1, -0.05) is 12.1 Å². The third-order valence-corrected chi connectivity index (χ3v) is 4.80. The molecule has 5 nitrogen and oxygen atoms in total. The molecule has 2 aromatic rings. The molecule has 3 rings (SSSR count). The van der Waals surface area contributed by atoms with Crippen LogP contribution < -0.4 is 5.32 Å². The smallest absolute Gasteiger partial charge is 0.225 e. The van der Waals surface area contributed by atoms with Gasteiger partial charge in [0.15, 0.2) is 0 Å². The lowest BCUT2D eigenvalue weighted by Crippen LogP contribution is -2.30. The predicted molar refractivity (Wildman–Crippen MR) is 89.3 cm³/mol. The summed E-state index contributed by atoms with van der Waals surface area (Å²) in [6.45, 7) is 0. The molecule has 118 valence electrons. The Morgan fingerprint density at radius 1 is 1.21 bits per heavy atom. The number of nitrogens with one attached hydrogen (secondary N) is 1. The summed E-state index contributed by atoms with van der Waals surface area (Å²) >= 11 is 1.40. The highest BCUT2D eigenvalue weighted by atomic mass is 32.2. The minimum absolute atomic E-state index is 0.127. The Balaban J connectivity index is 1.82. The SMILES string of the molecule is N#CC1=C(SCc2ccc(C#N)cc2)NC(=O)C[C@@H]1c1ccco1. The normalized spacial score (nSPS) is 17.1. The molecule has 0 bridgehead atoms. The van der Waals surface area contributed by atoms with Crippen LogP contribution in [0.5, 0.6) is 0 Å². The number of thioether (sulfide) groups is 1. The number of carbonyl (C=O) groups excluding carboxylic acids is 1. The van der Waals surface area contributed by atoms with Gasteiger partial charge in [0.05, 0.1) is 40.5 Å². The van der Waals surface area contributed by atoms with E-state index in [4.69, 9.17) is 9.68 Å². The average Bonchev–Trinajstić information content (AvgIpc) is 3.14. The van der Waals surface area contributed by atoms with E-state index in [0.29, 0.717) is 27.7 Å². The van der Waals surface area contributed by atoms with Crippen molar-refractivity contribution in [3.05, 3.63) is 70.2 Å². The zero-order valence-corrected chi connectivity index (χ0v) is 13.5. The fourth-order valence-corrected chi connectivity index (χ4v) is 3.53. The Kier molecular flexibility index (Phi) is 4.69. The van der Waals surface area contributed by atoms with Crippen LogP contribution in [0.25, 0.3) is 0 Å². The van der Waals surface area contributed by atoms with E-state index in [1.54, 1.807) is 30.5 Å². The standard InChI is InChI=1S/C18H13N3O2S/c19-9-12-3-5-13(6-4-12)11-24-18-15(10-20)14(8-17(22)21-18)16-2-1-7-23-16/h1-7,14H,8,11H2,(H,21,22)/t14-/m0/s1. The summed E-state index contributed by atoms with van der Waals surface area (Å²) < 4.78 is 5.38. The number of carbonyl (C=O) groups is 1. The summed E-state index contributed by atoms with van der Waals surface area (Å²) in [5, 5.41) is 21.7. The van der Waals surface area contributed by atoms with Crippen molar-refractivity contribution >= 4 is 17.7 Å². The van der Waals surface area contributed by atoms with Crippen molar-refractivity contribution in [3.63, 3.8) is 0 Å². The van der Waals surface area contributed by atoms with Gasteiger partial charge in [0.1, 0.15) is 5.76 Å². The number of hydrogen-bond acceptors (Lipinski definition) is 5. The fourth-order valence-electron chi connectivity index (χ4n) is 2.50. The highest BCUT2D eigenvalue weighted by molar-refractivity contribution is 8.02. The first-order valence-corrected chi connectivity index (χ1v) is 8.29. The second-order valence-electron chi connectivity index (χ2n) is 5.27. The highest BCUT2D eigenvalue weighted by Gasteiger charge is 2.31. The summed E-state index contributed by atoms with van der Waals surface area (Å²) in [5.41, 5.74) is 2.13. The quantitative estimate of drug-likeness (QED) is 0.924. The molecule has 24 heavy (non-hydrogen) atoms. The maximum absolute atomic E-state index is 12.0. The topological polar surface area (TPSA) is 89.8 Å². The van der Waals surface area contributed by atoms with Gasteiger partial charge in [0.2, 0.25) is 5.91 Å². The Morgan fingerprint density at radius 3 is 2.62 bits per heavy atom. The van der Waals surface area contributed by atoms with E-state index in [2.05, 4.69) is 17.5 Å². The van der Waals surface area contributed by atoms with Gasteiger partial charge >= 0.3 is 0 Å². The summed E-state index contributed by atoms with van der Waals surface area (Å²) in [6, 6.07) is 15.1. The third kappa shape index (κ3) is 3.34. The van der Waals surface area contributed by atoms with Crippen LogP contribution >= 0.6 is 11.8 Å². The first-order chi connectivity index (χ1) is 11.7. The molecule has 1 aliphatic rings. The van der Waals surface area contributed by atoms with Crippen LogP contribution in [0, 0.1) is 22.7 Å². The number of benzene rings is 1. The Bertz CT molecular complexity index is 855. The predicted octanol–water partition coefficient (Wildman–Crippen LogP) is 3.42. The highest BCUT2D eigenvalue weighted by Crippen LogP contribution is 2.36. The van der Waals surface area contributed by atoms with Crippen molar-refractivity contribution in [1.82, 2.24) is 5.32 Å². The molecule has 0 fully saturated rings. The number of hydrogen-bond donors (Lipinski definition) is 1. The van der Waals surface area contributed by atoms with Crippen LogP contribution in [-0.4, -0.2) is 5.91 Å². The van der Waals surface area contributed by atoms with Crippen molar-refractivity contribution in [2.24, 2.45) is 0 Å². The monoisotopic (exact) mass is 335 g/mol. The fraction of sp³-hybridized carbons (Fsp3) is 0.167. The number of nitriles is 2. The van der Waals surface area contributed by atoms with Crippen LogP contribution in [0.2, 0.25) is 0 Å². The number of nitrogens with zero attached hydrogens (tertiary/aromatic N) is 2. The largest absolute Gasteiger partial charge is 0.469 e. The first-order valence-electron chi connectivity index (χ1n) is 7.30. The lowest BCUT2D eigenvalue weighted by atomic mass is 9.92. The van der Waals surface area contributed by atoms with Crippen molar-refractivity contribution in [2.75, 3.05) is 0 Å². The van der Waals surface area contributed by atoms with Crippen LogP contribution in [0.15, 0.2) is 57.7 Å². The minimum Gasteiger partial charge on any atom is -0.469 e. The molecule has 1 N–H and O–H groups in total.